The molecule has 0 bridgehead atoms. The first kappa shape index (κ1) is 25.2. The third kappa shape index (κ3) is 5.22. The number of benzene rings is 2. The van der Waals surface area contributed by atoms with E-state index in [1.54, 1.807) is 0 Å². The average molecular weight is 422 g/mol. The van der Waals surface area contributed by atoms with Gasteiger partial charge in [0.05, 0.1) is 18.5 Å². The average Bonchev–Trinajstić information content (AvgIpc) is 2.73. The fourth-order valence-electron chi connectivity index (χ4n) is 4.60. The van der Waals surface area contributed by atoms with Crippen molar-refractivity contribution in [2.45, 2.75) is 101 Å². The van der Waals surface area contributed by atoms with Gasteiger partial charge in [-0.05, 0) is 139 Å². The second kappa shape index (κ2) is 9.59. The first-order chi connectivity index (χ1) is 14.3. The van der Waals surface area contributed by atoms with Gasteiger partial charge in [-0.25, -0.2) is 0 Å². The number of hydrogen-bond acceptors (Lipinski definition) is 2. The third-order valence-electron chi connectivity index (χ3n) is 7.77. The molecule has 0 aliphatic carbocycles. The molecule has 0 spiro atoms. The van der Waals surface area contributed by atoms with Gasteiger partial charge >= 0.3 is 0 Å². The largest absolute Gasteiger partial charge is 0.380 e. The molecule has 2 nitrogen and oxygen atoms in total. The molecule has 2 N–H and O–H groups in total. The van der Waals surface area contributed by atoms with Gasteiger partial charge in [-0.15, -0.1) is 0 Å². The molecule has 0 heterocycles. The maximum atomic E-state index is 3.86. The minimum atomic E-state index is 0.0204. The summed E-state index contributed by atoms with van der Waals surface area (Å²) in [5.41, 5.74) is 16.7. The zero-order valence-corrected chi connectivity index (χ0v) is 22.2. The van der Waals surface area contributed by atoms with E-state index in [0.29, 0.717) is 0 Å². The molecule has 170 valence electrons. The highest BCUT2D eigenvalue weighted by Gasteiger charge is 2.25. The quantitative estimate of drug-likeness (QED) is 0.333. The normalized spacial score (nSPS) is 11.6. The van der Waals surface area contributed by atoms with Crippen LogP contribution in [-0.4, -0.2) is 12.1 Å². The Kier molecular flexibility index (Phi) is 7.79. The second-order valence-corrected chi connectivity index (χ2v) is 10.2. The summed E-state index contributed by atoms with van der Waals surface area (Å²) >= 11 is 0. The zero-order chi connectivity index (χ0) is 23.7. The summed E-state index contributed by atoms with van der Waals surface area (Å²) in [6, 6.07) is 0. The third-order valence-corrected chi connectivity index (χ3v) is 7.77. The Morgan fingerprint density at radius 1 is 0.548 bits per heavy atom. The Morgan fingerprint density at radius 3 is 1.32 bits per heavy atom. The lowest BCUT2D eigenvalue weighted by molar-refractivity contribution is 0.547. The Bertz CT molecular complexity index is 906. The molecule has 2 aromatic rings. The monoisotopic (exact) mass is 421 g/mol. The van der Waals surface area contributed by atoms with Gasteiger partial charge in [-0.2, -0.15) is 0 Å². The van der Waals surface area contributed by atoms with Crippen LogP contribution in [0.5, 0.6) is 0 Å². The first-order valence-electron chi connectivity index (χ1n) is 11.8. The van der Waals surface area contributed by atoms with Gasteiger partial charge in [0.25, 0.3) is 0 Å². The van der Waals surface area contributed by atoms with Crippen molar-refractivity contribution in [3.05, 3.63) is 62.1 Å². The van der Waals surface area contributed by atoms with E-state index < -0.39 is 0 Å². The highest BCUT2D eigenvalue weighted by atomic mass is 15.0. The lowest BCUT2D eigenvalue weighted by Crippen LogP contribution is -2.32. The second-order valence-electron chi connectivity index (χ2n) is 10.2. The molecule has 0 amide bonds. The van der Waals surface area contributed by atoms with Crippen LogP contribution in [0.1, 0.15) is 82.3 Å². The van der Waals surface area contributed by atoms with E-state index in [1.807, 2.05) is 0 Å². The van der Waals surface area contributed by atoms with E-state index in [4.69, 9.17) is 0 Å². The lowest BCUT2D eigenvalue weighted by Gasteiger charge is -2.29. The number of rotatable bonds is 8. The zero-order valence-electron chi connectivity index (χ0n) is 22.2. The van der Waals surface area contributed by atoms with E-state index >= 15 is 0 Å². The molecule has 2 heteroatoms. The fraction of sp³-hybridized carbons (Fsp3) is 0.552. The molecule has 0 aromatic heterocycles. The standard InChI is InChI=1S/C29H45N2/c1-17-19(3)23(7)27(24(8)20(17)4)30-16-14-13-15-29(11,12)31-28-25(9)21(5)18(2)22(6)26(28)10/h13,30-31H,14-16H2,1-12H3/q+1. The molecular weight excluding hydrogens is 376 g/mol. The van der Waals surface area contributed by atoms with E-state index in [2.05, 4.69) is 100 Å². The number of nitrogens with one attached hydrogen (secondary N) is 2. The van der Waals surface area contributed by atoms with Crippen LogP contribution in [-0.2, 0) is 0 Å². The Labute approximate surface area is 192 Å². The minimum absolute atomic E-state index is 0.0204. The van der Waals surface area contributed by atoms with Crippen LogP contribution in [0, 0.1) is 75.7 Å². The van der Waals surface area contributed by atoms with E-state index in [-0.39, 0.29) is 5.54 Å². The van der Waals surface area contributed by atoms with Gasteiger partial charge in [0, 0.05) is 11.4 Å². The summed E-state index contributed by atoms with van der Waals surface area (Å²) in [5.74, 6) is 0. The summed E-state index contributed by atoms with van der Waals surface area (Å²) in [4.78, 5) is 0. The molecule has 2 rings (SSSR count). The maximum absolute atomic E-state index is 3.86. The topological polar surface area (TPSA) is 24.1 Å². The first-order valence-corrected chi connectivity index (χ1v) is 11.8. The lowest BCUT2D eigenvalue weighted by atomic mass is 9.90. The summed E-state index contributed by atoms with van der Waals surface area (Å²) < 4.78 is 0. The van der Waals surface area contributed by atoms with Gasteiger partial charge in [0.1, 0.15) is 12.8 Å². The molecule has 0 saturated heterocycles. The van der Waals surface area contributed by atoms with Crippen LogP contribution in [0.25, 0.3) is 0 Å². The van der Waals surface area contributed by atoms with Crippen molar-refractivity contribution in [2.24, 2.45) is 0 Å². The fourth-order valence-corrected chi connectivity index (χ4v) is 4.60. The summed E-state index contributed by atoms with van der Waals surface area (Å²) in [7, 11) is 0. The molecule has 0 aliphatic heterocycles. The molecule has 0 unspecified atom stereocenters. The van der Waals surface area contributed by atoms with Gasteiger partial charge in [-0.3, -0.25) is 0 Å². The molecular formula is C29H45N2+. The summed E-state index contributed by atoms with van der Waals surface area (Å²) in [6.07, 6.45) is 4.51. The van der Waals surface area contributed by atoms with E-state index in [0.717, 1.165) is 19.4 Å². The molecule has 2 aromatic carbocycles. The van der Waals surface area contributed by atoms with Crippen molar-refractivity contribution >= 4 is 11.4 Å². The highest BCUT2D eigenvalue weighted by molar-refractivity contribution is 5.66. The van der Waals surface area contributed by atoms with Crippen molar-refractivity contribution < 1.29 is 0 Å². The molecule has 0 saturated carbocycles. The van der Waals surface area contributed by atoms with Crippen molar-refractivity contribution in [1.82, 2.24) is 0 Å². The van der Waals surface area contributed by atoms with Gasteiger partial charge in [0.2, 0.25) is 0 Å². The van der Waals surface area contributed by atoms with Crippen molar-refractivity contribution in [3.63, 3.8) is 0 Å². The Balaban J connectivity index is 1.98. The molecule has 0 fully saturated rings. The molecule has 31 heavy (non-hydrogen) atoms. The predicted molar refractivity (Wildman–Crippen MR) is 140 cm³/mol. The smallest absolute Gasteiger partial charge is 0.110 e. The Hall–Kier alpha value is -2.09. The van der Waals surface area contributed by atoms with Gasteiger partial charge in [0.15, 0.2) is 0 Å². The van der Waals surface area contributed by atoms with E-state index in [9.17, 15) is 0 Å². The molecule has 0 atom stereocenters. The van der Waals surface area contributed by atoms with Crippen LogP contribution < -0.4 is 10.6 Å². The summed E-state index contributed by atoms with van der Waals surface area (Å²) in [6.45, 7) is 28.0. The number of unbranched alkanes of at least 4 members (excludes halogenated alkanes) is 1. The number of hydrogen-bond donors (Lipinski definition) is 2. The van der Waals surface area contributed by atoms with Crippen molar-refractivity contribution in [3.8, 4) is 0 Å². The van der Waals surface area contributed by atoms with Crippen LogP contribution in [0.4, 0.5) is 11.4 Å². The minimum Gasteiger partial charge on any atom is -0.380 e. The predicted octanol–water partition coefficient (Wildman–Crippen LogP) is 8.06. The van der Waals surface area contributed by atoms with Crippen LogP contribution in [0.15, 0.2) is 0 Å². The number of anilines is 2. The van der Waals surface area contributed by atoms with Crippen molar-refractivity contribution in [1.29, 1.82) is 0 Å². The molecule has 0 radical (unpaired) electrons. The Morgan fingerprint density at radius 2 is 0.903 bits per heavy atom. The maximum Gasteiger partial charge on any atom is 0.110 e. The van der Waals surface area contributed by atoms with E-state index in [1.165, 1.54) is 67.0 Å². The molecule has 0 aliphatic rings. The van der Waals surface area contributed by atoms with Crippen LogP contribution in [0.2, 0.25) is 0 Å². The van der Waals surface area contributed by atoms with Crippen molar-refractivity contribution in [2.75, 3.05) is 17.2 Å². The highest BCUT2D eigenvalue weighted by Crippen LogP contribution is 2.33. The van der Waals surface area contributed by atoms with Gasteiger partial charge < -0.3 is 10.6 Å². The SMILES string of the molecule is Cc1c(C)c(C)c(NCC[CH+]CC(C)(C)Nc2c(C)c(C)c(C)c(C)c2C)c(C)c1C. The van der Waals surface area contributed by atoms with Crippen LogP contribution in [0.3, 0.4) is 0 Å². The summed E-state index contributed by atoms with van der Waals surface area (Å²) in [5, 5.41) is 7.57. The van der Waals surface area contributed by atoms with Gasteiger partial charge in [-0.1, -0.05) is 0 Å². The van der Waals surface area contributed by atoms with Crippen LogP contribution >= 0.6 is 0 Å².